The van der Waals surface area contributed by atoms with E-state index in [1.807, 2.05) is 72.8 Å². The Hall–Kier alpha value is -2.35. The highest BCUT2D eigenvalue weighted by atomic mass is 79.9. The topological polar surface area (TPSA) is 46.6 Å². The van der Waals surface area contributed by atoms with Crippen LogP contribution in [0.3, 0.4) is 0 Å². The van der Waals surface area contributed by atoms with Crippen LogP contribution >= 0.6 is 43.6 Å². The maximum absolute atomic E-state index is 12.8. The van der Waals surface area contributed by atoms with Gasteiger partial charge in [-0.25, -0.2) is 0 Å². The summed E-state index contributed by atoms with van der Waals surface area (Å²) in [5.74, 6) is 0.397. The van der Waals surface area contributed by atoms with E-state index in [9.17, 15) is 9.59 Å². The van der Waals surface area contributed by atoms with Crippen molar-refractivity contribution in [3.63, 3.8) is 0 Å². The van der Waals surface area contributed by atoms with Crippen LogP contribution in [0, 0.1) is 0 Å². The highest BCUT2D eigenvalue weighted by molar-refractivity contribution is 9.11. The van der Waals surface area contributed by atoms with Crippen molar-refractivity contribution in [2.75, 3.05) is 0 Å². The number of benzene rings is 3. The summed E-state index contributed by atoms with van der Waals surface area (Å²) in [5.41, 5.74) is 2.77. The Bertz CT molecular complexity index is 1130. The molecule has 0 saturated carbocycles. The minimum atomic E-state index is -0.282. The SMILES string of the molecule is O=C1S/C(=C\c2cc(Br)c(OCc3ccccc3)c(Br)c2)C(=O)N1Cc1ccccc1. The van der Waals surface area contributed by atoms with Crippen molar-refractivity contribution < 1.29 is 14.3 Å². The van der Waals surface area contributed by atoms with Crippen molar-refractivity contribution in [2.24, 2.45) is 0 Å². The molecule has 0 spiro atoms. The molecule has 0 N–H and O–H groups in total. The van der Waals surface area contributed by atoms with E-state index >= 15 is 0 Å². The van der Waals surface area contributed by atoms with E-state index in [1.54, 1.807) is 6.08 Å². The van der Waals surface area contributed by atoms with Crippen molar-refractivity contribution >= 4 is 60.8 Å². The van der Waals surface area contributed by atoms with Crippen LogP contribution in [-0.4, -0.2) is 16.0 Å². The van der Waals surface area contributed by atoms with Crippen molar-refractivity contribution in [1.29, 1.82) is 0 Å². The van der Waals surface area contributed by atoms with Gasteiger partial charge in [0, 0.05) is 0 Å². The monoisotopic (exact) mass is 557 g/mol. The van der Waals surface area contributed by atoms with E-state index in [4.69, 9.17) is 4.74 Å². The van der Waals surface area contributed by atoms with Gasteiger partial charge in [-0.15, -0.1) is 0 Å². The zero-order chi connectivity index (χ0) is 21.8. The largest absolute Gasteiger partial charge is 0.487 e. The first-order chi connectivity index (χ1) is 15.0. The first kappa shape index (κ1) is 21.9. The van der Waals surface area contributed by atoms with Gasteiger partial charge in [-0.05, 0) is 78.5 Å². The molecule has 0 radical (unpaired) electrons. The Morgan fingerprint density at radius 1 is 0.871 bits per heavy atom. The van der Waals surface area contributed by atoms with Gasteiger partial charge in [-0.2, -0.15) is 0 Å². The van der Waals surface area contributed by atoms with Crippen molar-refractivity contribution in [3.8, 4) is 5.75 Å². The molecular weight excluding hydrogens is 542 g/mol. The van der Waals surface area contributed by atoms with E-state index < -0.39 is 0 Å². The Balaban J connectivity index is 1.50. The minimum Gasteiger partial charge on any atom is -0.487 e. The first-order valence-corrected chi connectivity index (χ1v) is 11.9. The van der Waals surface area contributed by atoms with E-state index in [-0.39, 0.29) is 17.7 Å². The third kappa shape index (κ3) is 5.29. The van der Waals surface area contributed by atoms with E-state index in [2.05, 4.69) is 31.9 Å². The van der Waals surface area contributed by atoms with Crippen LogP contribution in [0.15, 0.2) is 86.6 Å². The quantitative estimate of drug-likeness (QED) is 0.305. The highest BCUT2D eigenvalue weighted by Gasteiger charge is 2.35. The van der Waals surface area contributed by atoms with Crippen LogP contribution in [0.2, 0.25) is 0 Å². The number of nitrogens with zero attached hydrogens (tertiary/aromatic N) is 1. The van der Waals surface area contributed by atoms with Gasteiger partial charge >= 0.3 is 0 Å². The number of hydrogen-bond acceptors (Lipinski definition) is 4. The van der Waals surface area contributed by atoms with Gasteiger partial charge in [-0.3, -0.25) is 14.5 Å². The summed E-state index contributed by atoms with van der Waals surface area (Å²) in [6.07, 6.45) is 1.73. The summed E-state index contributed by atoms with van der Waals surface area (Å²) in [4.78, 5) is 26.8. The second-order valence-corrected chi connectivity index (χ2v) is 9.54. The van der Waals surface area contributed by atoms with Crippen molar-refractivity contribution in [1.82, 2.24) is 4.90 Å². The molecule has 0 aliphatic carbocycles. The molecule has 0 bridgehead atoms. The number of halogens is 2. The first-order valence-electron chi connectivity index (χ1n) is 9.46. The summed E-state index contributed by atoms with van der Waals surface area (Å²) in [6.45, 7) is 0.707. The summed E-state index contributed by atoms with van der Waals surface area (Å²) >= 11 is 8.06. The summed E-state index contributed by atoms with van der Waals surface area (Å²) in [5, 5.41) is -0.263. The molecule has 4 nitrogen and oxygen atoms in total. The summed E-state index contributed by atoms with van der Waals surface area (Å²) in [7, 11) is 0. The third-order valence-electron chi connectivity index (χ3n) is 4.60. The molecule has 1 aliphatic rings. The second-order valence-electron chi connectivity index (χ2n) is 6.84. The molecule has 1 aliphatic heterocycles. The second kappa shape index (κ2) is 9.85. The average Bonchev–Trinajstić information content (AvgIpc) is 3.02. The molecule has 0 aromatic heterocycles. The smallest absolute Gasteiger partial charge is 0.293 e. The van der Waals surface area contributed by atoms with Gasteiger partial charge in [0.15, 0.2) is 0 Å². The molecule has 1 saturated heterocycles. The molecular formula is C24H17Br2NO3S. The molecule has 156 valence electrons. The van der Waals surface area contributed by atoms with Crippen molar-refractivity contribution in [3.05, 3.63) is 103 Å². The highest BCUT2D eigenvalue weighted by Crippen LogP contribution is 2.38. The molecule has 2 amide bonds. The zero-order valence-electron chi connectivity index (χ0n) is 16.3. The fourth-order valence-corrected chi connectivity index (χ4v) is 5.37. The van der Waals surface area contributed by atoms with Crippen LogP contribution in [0.4, 0.5) is 4.79 Å². The molecule has 1 fully saturated rings. The van der Waals surface area contributed by atoms with Gasteiger partial charge in [0.1, 0.15) is 12.4 Å². The number of carbonyl (C=O) groups is 2. The molecule has 3 aromatic rings. The zero-order valence-corrected chi connectivity index (χ0v) is 20.2. The van der Waals surface area contributed by atoms with Crippen LogP contribution in [0.25, 0.3) is 6.08 Å². The molecule has 7 heteroatoms. The number of rotatable bonds is 6. The predicted molar refractivity (Wildman–Crippen MR) is 131 cm³/mol. The Morgan fingerprint density at radius 2 is 1.45 bits per heavy atom. The van der Waals surface area contributed by atoms with Crippen LogP contribution < -0.4 is 4.74 Å². The number of amides is 2. The standard InChI is InChI=1S/C24H17Br2NO3S/c25-19-11-18(12-20(26)22(19)30-15-17-9-5-2-6-10-17)13-21-23(28)27(24(29)31-21)14-16-7-3-1-4-8-16/h1-13H,14-15H2/b21-13-. The number of carbonyl (C=O) groups excluding carboxylic acids is 2. The van der Waals surface area contributed by atoms with Crippen LogP contribution in [-0.2, 0) is 17.9 Å². The lowest BCUT2D eigenvalue weighted by atomic mass is 10.2. The van der Waals surface area contributed by atoms with Gasteiger partial charge in [0.25, 0.3) is 11.1 Å². The maximum atomic E-state index is 12.8. The fraction of sp³-hybridized carbons (Fsp3) is 0.0833. The van der Waals surface area contributed by atoms with Crippen LogP contribution in [0.1, 0.15) is 16.7 Å². The Labute approximate surface area is 201 Å². The number of hydrogen-bond donors (Lipinski definition) is 0. The Morgan fingerprint density at radius 3 is 2.06 bits per heavy atom. The Kier molecular flexibility index (Phi) is 6.95. The number of thioether (sulfide) groups is 1. The van der Waals surface area contributed by atoms with E-state index in [0.717, 1.165) is 37.4 Å². The number of ether oxygens (including phenoxy) is 1. The molecule has 31 heavy (non-hydrogen) atoms. The van der Waals surface area contributed by atoms with E-state index in [1.165, 1.54) is 4.90 Å². The molecule has 0 unspecified atom stereocenters. The van der Waals surface area contributed by atoms with Gasteiger partial charge < -0.3 is 4.74 Å². The lowest BCUT2D eigenvalue weighted by Gasteiger charge is -2.12. The van der Waals surface area contributed by atoms with Gasteiger partial charge in [0.05, 0.1) is 20.4 Å². The maximum Gasteiger partial charge on any atom is 0.293 e. The molecule has 0 atom stereocenters. The predicted octanol–water partition coefficient (Wildman–Crippen LogP) is 7.03. The average molecular weight is 559 g/mol. The summed E-state index contributed by atoms with van der Waals surface area (Å²) < 4.78 is 7.47. The molecule has 3 aromatic carbocycles. The third-order valence-corrected chi connectivity index (χ3v) is 6.69. The minimum absolute atomic E-state index is 0.263. The molecule has 1 heterocycles. The van der Waals surface area contributed by atoms with Gasteiger partial charge in [0.2, 0.25) is 0 Å². The van der Waals surface area contributed by atoms with Gasteiger partial charge in [-0.1, -0.05) is 60.7 Å². The lowest BCUT2D eigenvalue weighted by molar-refractivity contribution is -0.123. The molecule has 4 rings (SSSR count). The van der Waals surface area contributed by atoms with Crippen molar-refractivity contribution in [2.45, 2.75) is 13.2 Å². The normalized spacial score (nSPS) is 15.0. The van der Waals surface area contributed by atoms with Crippen LogP contribution in [0.5, 0.6) is 5.75 Å². The lowest BCUT2D eigenvalue weighted by Crippen LogP contribution is -2.27. The number of imide groups is 1. The summed E-state index contributed by atoms with van der Waals surface area (Å²) in [6, 6.07) is 23.1. The van der Waals surface area contributed by atoms with E-state index in [0.29, 0.717) is 17.3 Å². The fourth-order valence-electron chi connectivity index (χ4n) is 3.08.